The quantitative estimate of drug-likeness (QED) is 0.697. The second-order valence-electron chi connectivity index (χ2n) is 3.90. The molecule has 0 saturated carbocycles. The fourth-order valence-corrected chi connectivity index (χ4v) is 2.10. The topological polar surface area (TPSA) is 23.5 Å². The van der Waals surface area contributed by atoms with Crippen molar-refractivity contribution in [1.29, 1.82) is 0 Å². The van der Waals surface area contributed by atoms with Gasteiger partial charge in [-0.2, -0.15) is 0 Å². The number of aliphatic hydroxyl groups is 1. The molecule has 2 heteroatoms. The highest BCUT2D eigenvalue weighted by atomic mass is 16.3. The van der Waals surface area contributed by atoms with Crippen LogP contribution in [-0.4, -0.2) is 35.2 Å². The van der Waals surface area contributed by atoms with Crippen molar-refractivity contribution in [1.82, 2.24) is 4.90 Å². The molecule has 0 aromatic carbocycles. The van der Waals surface area contributed by atoms with Gasteiger partial charge in [-0.3, -0.25) is 4.90 Å². The minimum atomic E-state index is -0.169. The fraction of sp³-hybridized carbons (Fsp3) is 1.00. The van der Waals surface area contributed by atoms with E-state index in [-0.39, 0.29) is 6.10 Å². The largest absolute Gasteiger partial charge is 0.392 e. The number of aliphatic hydroxyl groups excluding tert-OH is 1. The molecule has 1 unspecified atom stereocenters. The van der Waals surface area contributed by atoms with Crippen LogP contribution < -0.4 is 0 Å². The molecule has 0 aliphatic carbocycles. The Bertz CT molecular complexity index is 125. The Morgan fingerprint density at radius 1 is 1.50 bits per heavy atom. The third-order valence-corrected chi connectivity index (χ3v) is 2.72. The van der Waals surface area contributed by atoms with Crippen molar-refractivity contribution in [2.45, 2.75) is 51.7 Å². The van der Waals surface area contributed by atoms with Gasteiger partial charge in [0, 0.05) is 12.6 Å². The van der Waals surface area contributed by atoms with Crippen LogP contribution in [0.5, 0.6) is 0 Å². The standard InChI is InChI=1S/C10H21NO/c1-3-10-6-4-5-7-11(10)8-9(2)12/h9-10,12H,3-8H2,1-2H3/t9-,10?/m1/s1. The average molecular weight is 171 g/mol. The Balaban J connectivity index is 2.36. The highest BCUT2D eigenvalue weighted by Gasteiger charge is 2.21. The number of nitrogens with zero attached hydrogens (tertiary/aromatic N) is 1. The van der Waals surface area contributed by atoms with Gasteiger partial charge < -0.3 is 5.11 Å². The van der Waals surface area contributed by atoms with Crippen LogP contribution in [0.1, 0.15) is 39.5 Å². The van der Waals surface area contributed by atoms with E-state index in [9.17, 15) is 5.11 Å². The molecule has 1 aliphatic heterocycles. The number of hydrogen-bond acceptors (Lipinski definition) is 2. The number of likely N-dealkylation sites (tertiary alicyclic amines) is 1. The maximum absolute atomic E-state index is 9.28. The smallest absolute Gasteiger partial charge is 0.0639 e. The minimum Gasteiger partial charge on any atom is -0.392 e. The molecule has 1 rings (SSSR count). The number of rotatable bonds is 3. The molecule has 0 amide bonds. The zero-order valence-electron chi connectivity index (χ0n) is 8.29. The third kappa shape index (κ3) is 2.76. The number of piperidine rings is 1. The Labute approximate surface area is 75.6 Å². The first-order valence-corrected chi connectivity index (χ1v) is 5.16. The molecule has 0 aromatic heterocycles. The van der Waals surface area contributed by atoms with E-state index in [1.54, 1.807) is 0 Å². The Morgan fingerprint density at radius 2 is 2.25 bits per heavy atom. The van der Waals surface area contributed by atoms with Crippen molar-refractivity contribution in [3.63, 3.8) is 0 Å². The Hall–Kier alpha value is -0.0800. The van der Waals surface area contributed by atoms with E-state index in [0.717, 1.165) is 12.6 Å². The van der Waals surface area contributed by atoms with Crippen LogP contribution >= 0.6 is 0 Å². The van der Waals surface area contributed by atoms with Crippen LogP contribution in [0.25, 0.3) is 0 Å². The van der Waals surface area contributed by atoms with E-state index in [1.807, 2.05) is 6.92 Å². The van der Waals surface area contributed by atoms with E-state index in [1.165, 1.54) is 32.2 Å². The first kappa shape index (κ1) is 10.0. The van der Waals surface area contributed by atoms with E-state index >= 15 is 0 Å². The zero-order valence-corrected chi connectivity index (χ0v) is 8.29. The first-order valence-electron chi connectivity index (χ1n) is 5.16. The lowest BCUT2D eigenvalue weighted by Gasteiger charge is -2.35. The zero-order chi connectivity index (χ0) is 8.97. The van der Waals surface area contributed by atoms with E-state index in [4.69, 9.17) is 0 Å². The fourth-order valence-electron chi connectivity index (χ4n) is 2.10. The molecular formula is C10H21NO. The van der Waals surface area contributed by atoms with Crippen LogP contribution in [0.3, 0.4) is 0 Å². The number of hydrogen-bond donors (Lipinski definition) is 1. The maximum atomic E-state index is 9.28. The minimum absolute atomic E-state index is 0.169. The lowest BCUT2D eigenvalue weighted by molar-refractivity contribution is 0.0749. The normalized spacial score (nSPS) is 28.8. The van der Waals surface area contributed by atoms with Gasteiger partial charge >= 0.3 is 0 Å². The van der Waals surface area contributed by atoms with Gasteiger partial charge in [-0.15, -0.1) is 0 Å². The third-order valence-electron chi connectivity index (χ3n) is 2.72. The summed E-state index contributed by atoms with van der Waals surface area (Å²) in [6, 6.07) is 0.730. The summed E-state index contributed by atoms with van der Waals surface area (Å²) in [7, 11) is 0. The van der Waals surface area contributed by atoms with Gasteiger partial charge in [-0.25, -0.2) is 0 Å². The summed E-state index contributed by atoms with van der Waals surface area (Å²) in [4.78, 5) is 2.44. The van der Waals surface area contributed by atoms with Crippen molar-refractivity contribution in [3.8, 4) is 0 Å². The van der Waals surface area contributed by atoms with Crippen molar-refractivity contribution in [2.75, 3.05) is 13.1 Å². The van der Waals surface area contributed by atoms with Crippen molar-refractivity contribution in [3.05, 3.63) is 0 Å². The van der Waals surface area contributed by atoms with Crippen LogP contribution in [0, 0.1) is 0 Å². The summed E-state index contributed by atoms with van der Waals surface area (Å²) in [5, 5.41) is 9.28. The second-order valence-corrected chi connectivity index (χ2v) is 3.90. The first-order chi connectivity index (χ1) is 5.74. The molecular weight excluding hydrogens is 150 g/mol. The lowest BCUT2D eigenvalue weighted by Crippen LogP contribution is -2.42. The van der Waals surface area contributed by atoms with Crippen molar-refractivity contribution >= 4 is 0 Å². The van der Waals surface area contributed by atoms with Crippen molar-refractivity contribution < 1.29 is 5.11 Å². The molecule has 12 heavy (non-hydrogen) atoms. The van der Waals surface area contributed by atoms with Gasteiger partial charge in [-0.1, -0.05) is 13.3 Å². The van der Waals surface area contributed by atoms with Gasteiger partial charge in [0.1, 0.15) is 0 Å². The van der Waals surface area contributed by atoms with Crippen molar-refractivity contribution in [2.24, 2.45) is 0 Å². The molecule has 0 radical (unpaired) electrons. The molecule has 0 aromatic rings. The van der Waals surface area contributed by atoms with Crippen LogP contribution in [-0.2, 0) is 0 Å². The van der Waals surface area contributed by atoms with Crippen LogP contribution in [0.15, 0.2) is 0 Å². The van der Waals surface area contributed by atoms with Crippen LogP contribution in [0.2, 0.25) is 0 Å². The highest BCUT2D eigenvalue weighted by molar-refractivity contribution is 4.76. The Morgan fingerprint density at radius 3 is 2.83 bits per heavy atom. The molecule has 0 spiro atoms. The van der Waals surface area contributed by atoms with E-state index < -0.39 is 0 Å². The monoisotopic (exact) mass is 171 g/mol. The van der Waals surface area contributed by atoms with E-state index in [2.05, 4.69) is 11.8 Å². The molecule has 1 N–H and O–H groups in total. The Kier molecular flexibility index (Phi) is 4.02. The summed E-state index contributed by atoms with van der Waals surface area (Å²) in [6.07, 6.45) is 5.06. The second kappa shape index (κ2) is 4.83. The molecule has 1 aliphatic rings. The highest BCUT2D eigenvalue weighted by Crippen LogP contribution is 2.19. The predicted octanol–water partition coefficient (Wildman–Crippen LogP) is 1.63. The molecule has 1 heterocycles. The maximum Gasteiger partial charge on any atom is 0.0639 e. The molecule has 1 fully saturated rings. The summed E-state index contributed by atoms with van der Waals surface area (Å²) in [5.74, 6) is 0. The summed E-state index contributed by atoms with van der Waals surface area (Å²) >= 11 is 0. The summed E-state index contributed by atoms with van der Waals surface area (Å²) < 4.78 is 0. The van der Waals surface area contributed by atoms with Gasteiger partial charge in [0.15, 0.2) is 0 Å². The van der Waals surface area contributed by atoms with Crippen LogP contribution in [0.4, 0.5) is 0 Å². The molecule has 72 valence electrons. The van der Waals surface area contributed by atoms with Gasteiger partial charge in [0.2, 0.25) is 0 Å². The lowest BCUT2D eigenvalue weighted by atomic mass is 10.00. The molecule has 1 saturated heterocycles. The molecule has 0 bridgehead atoms. The number of β-amino-alcohol motifs (C(OH)–C–C–N with tert-alkyl or cyclic N) is 1. The van der Waals surface area contributed by atoms with Gasteiger partial charge in [0.05, 0.1) is 6.10 Å². The molecule has 2 nitrogen and oxygen atoms in total. The van der Waals surface area contributed by atoms with Gasteiger partial charge in [-0.05, 0) is 32.7 Å². The SMILES string of the molecule is CCC1CCCCN1C[C@@H](C)O. The predicted molar refractivity (Wildman–Crippen MR) is 51.2 cm³/mol. The summed E-state index contributed by atoms with van der Waals surface area (Å²) in [6.45, 7) is 6.16. The van der Waals surface area contributed by atoms with E-state index in [0.29, 0.717) is 0 Å². The molecule has 2 atom stereocenters. The summed E-state index contributed by atoms with van der Waals surface area (Å²) in [5.41, 5.74) is 0. The average Bonchev–Trinajstić information content (AvgIpc) is 2.04. The van der Waals surface area contributed by atoms with Gasteiger partial charge in [0.25, 0.3) is 0 Å².